The van der Waals surface area contributed by atoms with E-state index in [0.29, 0.717) is 0 Å². The van der Waals surface area contributed by atoms with Crippen LogP contribution in [0.2, 0.25) is 0 Å². The van der Waals surface area contributed by atoms with Crippen LogP contribution in [0, 0.1) is 0 Å². The van der Waals surface area contributed by atoms with Crippen LogP contribution in [0.3, 0.4) is 0 Å². The topological polar surface area (TPSA) is 22.1 Å². The third-order valence-corrected chi connectivity index (χ3v) is 4.35. The third-order valence-electron chi connectivity index (χ3n) is 2.96. The lowest BCUT2D eigenvalue weighted by atomic mass is 10.2. The van der Waals surface area contributed by atoms with Crippen LogP contribution in [0.1, 0.15) is 0 Å². The summed E-state index contributed by atoms with van der Waals surface area (Å²) in [5.41, 5.74) is 3.23. The highest BCUT2D eigenvalue weighted by Crippen LogP contribution is 2.30. The largest absolute Gasteiger partial charge is 0.497 e. The Kier molecular flexibility index (Phi) is 3.85. The number of hydrogen-bond acceptors (Lipinski definition) is 3. The minimum Gasteiger partial charge on any atom is -0.497 e. The summed E-state index contributed by atoms with van der Waals surface area (Å²) in [6.45, 7) is 0. The monoisotopic (exact) mass is 345 g/mol. The van der Waals surface area contributed by atoms with Gasteiger partial charge in [0.15, 0.2) is 0 Å². The molecule has 0 amide bonds. The van der Waals surface area contributed by atoms with Gasteiger partial charge in [-0.2, -0.15) is 0 Å². The molecule has 3 aromatic rings. The first-order chi connectivity index (χ1) is 9.76. The van der Waals surface area contributed by atoms with Gasteiger partial charge in [0.25, 0.3) is 0 Å². The summed E-state index contributed by atoms with van der Waals surface area (Å²) < 4.78 is 6.23. The molecular formula is C16H12BrNOS. The average molecular weight is 346 g/mol. The Labute approximate surface area is 130 Å². The van der Waals surface area contributed by atoms with E-state index in [4.69, 9.17) is 9.72 Å². The number of hydrogen-bond donors (Lipinski definition) is 0. The van der Waals surface area contributed by atoms with E-state index in [-0.39, 0.29) is 0 Å². The van der Waals surface area contributed by atoms with Gasteiger partial charge >= 0.3 is 0 Å². The molecule has 0 unspecified atom stereocenters. The first-order valence-corrected chi connectivity index (χ1v) is 7.79. The van der Waals surface area contributed by atoms with E-state index in [1.165, 1.54) is 0 Å². The second-order valence-corrected chi connectivity index (χ2v) is 6.05. The van der Waals surface area contributed by atoms with Crippen molar-refractivity contribution in [2.45, 2.75) is 0 Å². The summed E-state index contributed by atoms with van der Waals surface area (Å²) in [6.07, 6.45) is 0. The molecule has 0 radical (unpaired) electrons. The molecule has 20 heavy (non-hydrogen) atoms. The van der Waals surface area contributed by atoms with E-state index in [0.717, 1.165) is 32.1 Å². The van der Waals surface area contributed by atoms with Gasteiger partial charge in [0.1, 0.15) is 10.8 Å². The molecule has 100 valence electrons. The molecule has 0 saturated carbocycles. The van der Waals surface area contributed by atoms with Crippen LogP contribution < -0.4 is 4.74 Å². The Bertz CT molecular complexity index is 721. The first-order valence-electron chi connectivity index (χ1n) is 6.12. The van der Waals surface area contributed by atoms with Gasteiger partial charge in [-0.15, -0.1) is 11.3 Å². The van der Waals surface area contributed by atoms with Crippen LogP contribution in [0.15, 0.2) is 58.4 Å². The molecule has 3 rings (SSSR count). The van der Waals surface area contributed by atoms with Crippen molar-refractivity contribution in [2.24, 2.45) is 0 Å². The predicted octanol–water partition coefficient (Wildman–Crippen LogP) is 5.25. The molecule has 0 saturated heterocycles. The Morgan fingerprint density at radius 1 is 1.05 bits per heavy atom. The summed E-state index contributed by atoms with van der Waals surface area (Å²) in [6, 6.07) is 16.1. The van der Waals surface area contributed by atoms with E-state index in [9.17, 15) is 0 Å². The number of halogens is 1. The number of benzene rings is 2. The Morgan fingerprint density at radius 3 is 2.55 bits per heavy atom. The smallest absolute Gasteiger partial charge is 0.124 e. The maximum Gasteiger partial charge on any atom is 0.124 e. The fourth-order valence-corrected chi connectivity index (χ4v) is 3.15. The third kappa shape index (κ3) is 2.76. The lowest BCUT2D eigenvalue weighted by molar-refractivity contribution is 0.415. The van der Waals surface area contributed by atoms with Crippen molar-refractivity contribution in [1.82, 2.24) is 4.98 Å². The molecule has 0 N–H and O–H groups in total. The molecule has 0 aliphatic rings. The molecule has 1 heterocycles. The van der Waals surface area contributed by atoms with Gasteiger partial charge < -0.3 is 4.74 Å². The van der Waals surface area contributed by atoms with Gasteiger partial charge in [0.05, 0.1) is 12.8 Å². The zero-order valence-corrected chi connectivity index (χ0v) is 13.2. The van der Waals surface area contributed by atoms with Crippen molar-refractivity contribution < 1.29 is 4.74 Å². The minimum atomic E-state index is 0.859. The van der Waals surface area contributed by atoms with Crippen LogP contribution in [0.4, 0.5) is 0 Å². The van der Waals surface area contributed by atoms with Gasteiger partial charge in [-0.3, -0.25) is 0 Å². The Hall–Kier alpha value is -1.65. The number of thiazole rings is 1. The van der Waals surface area contributed by atoms with E-state index in [1.807, 2.05) is 36.4 Å². The van der Waals surface area contributed by atoms with Crippen molar-refractivity contribution in [3.05, 3.63) is 58.4 Å². The van der Waals surface area contributed by atoms with Crippen molar-refractivity contribution in [2.75, 3.05) is 7.11 Å². The van der Waals surface area contributed by atoms with E-state index in [2.05, 4.69) is 33.4 Å². The highest BCUT2D eigenvalue weighted by molar-refractivity contribution is 9.10. The summed E-state index contributed by atoms with van der Waals surface area (Å²) in [7, 11) is 1.67. The SMILES string of the molecule is COc1ccc(-c2nc(-c3cccc(Br)c3)cs2)cc1. The quantitative estimate of drug-likeness (QED) is 0.646. The summed E-state index contributed by atoms with van der Waals surface area (Å²) >= 11 is 5.14. The Balaban J connectivity index is 1.93. The molecule has 4 heteroatoms. The van der Waals surface area contributed by atoms with Crippen molar-refractivity contribution >= 4 is 27.3 Å². The van der Waals surface area contributed by atoms with Crippen LogP contribution >= 0.6 is 27.3 Å². The summed E-state index contributed by atoms with van der Waals surface area (Å²) in [5, 5.41) is 3.10. The van der Waals surface area contributed by atoms with Gasteiger partial charge in [0, 0.05) is 21.0 Å². The predicted molar refractivity (Wildman–Crippen MR) is 87.2 cm³/mol. The number of aromatic nitrogens is 1. The summed E-state index contributed by atoms with van der Waals surface area (Å²) in [5.74, 6) is 0.859. The maximum atomic E-state index is 5.17. The molecule has 0 atom stereocenters. The van der Waals surface area contributed by atoms with Gasteiger partial charge in [0.2, 0.25) is 0 Å². The van der Waals surface area contributed by atoms with Gasteiger partial charge in [-0.1, -0.05) is 28.1 Å². The highest BCUT2D eigenvalue weighted by Gasteiger charge is 2.07. The minimum absolute atomic E-state index is 0.859. The number of nitrogens with zero attached hydrogens (tertiary/aromatic N) is 1. The van der Waals surface area contributed by atoms with Gasteiger partial charge in [-0.25, -0.2) is 4.98 Å². The molecule has 0 aliphatic carbocycles. The fraction of sp³-hybridized carbons (Fsp3) is 0.0625. The molecule has 1 aromatic heterocycles. The second kappa shape index (κ2) is 5.77. The molecule has 0 bridgehead atoms. The molecule has 0 aliphatic heterocycles. The normalized spacial score (nSPS) is 10.5. The van der Waals surface area contributed by atoms with Crippen LogP contribution in [-0.2, 0) is 0 Å². The average Bonchev–Trinajstić information content (AvgIpc) is 2.97. The van der Waals surface area contributed by atoms with E-state index in [1.54, 1.807) is 18.4 Å². The lowest BCUT2D eigenvalue weighted by Gasteiger charge is -2.00. The zero-order valence-electron chi connectivity index (χ0n) is 10.8. The van der Waals surface area contributed by atoms with E-state index < -0.39 is 0 Å². The highest BCUT2D eigenvalue weighted by atomic mass is 79.9. The molecule has 2 nitrogen and oxygen atoms in total. The lowest BCUT2D eigenvalue weighted by Crippen LogP contribution is -1.83. The zero-order chi connectivity index (χ0) is 13.9. The number of methoxy groups -OCH3 is 1. The number of rotatable bonds is 3. The van der Waals surface area contributed by atoms with Crippen molar-refractivity contribution in [3.8, 4) is 27.6 Å². The van der Waals surface area contributed by atoms with Crippen LogP contribution in [0.25, 0.3) is 21.8 Å². The summed E-state index contributed by atoms with van der Waals surface area (Å²) in [4.78, 5) is 4.70. The van der Waals surface area contributed by atoms with E-state index >= 15 is 0 Å². The van der Waals surface area contributed by atoms with Crippen molar-refractivity contribution in [3.63, 3.8) is 0 Å². The Morgan fingerprint density at radius 2 is 1.85 bits per heavy atom. The molecule has 0 fully saturated rings. The van der Waals surface area contributed by atoms with Crippen LogP contribution in [-0.4, -0.2) is 12.1 Å². The van der Waals surface area contributed by atoms with Crippen molar-refractivity contribution in [1.29, 1.82) is 0 Å². The van der Waals surface area contributed by atoms with Gasteiger partial charge in [-0.05, 0) is 36.4 Å². The van der Waals surface area contributed by atoms with Crippen LogP contribution in [0.5, 0.6) is 5.75 Å². The standard InChI is InChI=1S/C16H12BrNOS/c1-19-14-7-5-11(6-8-14)16-18-15(10-20-16)12-3-2-4-13(17)9-12/h2-10H,1H3. The second-order valence-electron chi connectivity index (χ2n) is 4.28. The molecular weight excluding hydrogens is 334 g/mol. The fourth-order valence-electron chi connectivity index (χ4n) is 1.92. The maximum absolute atomic E-state index is 5.17. The first kappa shape index (κ1) is 13.3. The molecule has 0 spiro atoms. The number of ether oxygens (including phenoxy) is 1. The molecule has 2 aromatic carbocycles.